The van der Waals surface area contributed by atoms with E-state index in [1.54, 1.807) is 13.3 Å². The number of nitrogens with zero attached hydrogens (tertiary/aromatic N) is 1. The summed E-state index contributed by atoms with van der Waals surface area (Å²) < 4.78 is 5.23. The zero-order valence-corrected chi connectivity index (χ0v) is 14.6. The van der Waals surface area contributed by atoms with Gasteiger partial charge in [-0.05, 0) is 49.1 Å². The Labute approximate surface area is 148 Å². The lowest BCUT2D eigenvalue weighted by atomic mass is 10.1. The van der Waals surface area contributed by atoms with Crippen molar-refractivity contribution in [1.82, 2.24) is 10.3 Å². The number of methoxy groups -OCH3 is 1. The summed E-state index contributed by atoms with van der Waals surface area (Å²) in [5.74, 6) is 1.62. The number of nitrogens with one attached hydrogen (secondary N) is 2. The molecule has 3 rings (SSSR count). The standard InChI is InChI=1S/C20H25N3O2/c1-25-18-8-4-5-15(13-18)11-12-21-19-10-9-16(14-22-19)20(24)23-17-6-2-3-7-17/h4-5,8-10,13-14,17H,2-3,6-7,11-12H2,1H3,(H,21,22)(H,23,24). The minimum absolute atomic E-state index is 0.0256. The van der Waals surface area contributed by atoms with E-state index in [1.807, 2.05) is 30.3 Å². The van der Waals surface area contributed by atoms with Crippen molar-refractivity contribution in [2.45, 2.75) is 38.1 Å². The van der Waals surface area contributed by atoms with Gasteiger partial charge in [0, 0.05) is 18.8 Å². The van der Waals surface area contributed by atoms with Crippen LogP contribution in [-0.2, 0) is 6.42 Å². The maximum atomic E-state index is 12.2. The topological polar surface area (TPSA) is 63.2 Å². The highest BCUT2D eigenvalue weighted by molar-refractivity contribution is 5.94. The van der Waals surface area contributed by atoms with Gasteiger partial charge in [-0.15, -0.1) is 0 Å². The number of anilines is 1. The first-order valence-corrected chi connectivity index (χ1v) is 8.88. The molecule has 132 valence electrons. The van der Waals surface area contributed by atoms with E-state index in [0.29, 0.717) is 11.6 Å². The molecule has 0 bridgehead atoms. The van der Waals surface area contributed by atoms with E-state index in [9.17, 15) is 4.79 Å². The first-order chi connectivity index (χ1) is 12.2. The van der Waals surface area contributed by atoms with Gasteiger partial charge in [0.2, 0.25) is 0 Å². The van der Waals surface area contributed by atoms with Crippen LogP contribution in [0.25, 0.3) is 0 Å². The number of pyridine rings is 1. The molecule has 0 radical (unpaired) electrons. The summed E-state index contributed by atoms with van der Waals surface area (Å²) in [5, 5.41) is 6.37. The van der Waals surface area contributed by atoms with Crippen molar-refractivity contribution in [2.75, 3.05) is 19.0 Å². The van der Waals surface area contributed by atoms with Gasteiger partial charge in [0.05, 0.1) is 12.7 Å². The molecule has 1 amide bonds. The van der Waals surface area contributed by atoms with Gasteiger partial charge in [-0.2, -0.15) is 0 Å². The van der Waals surface area contributed by atoms with Crippen molar-refractivity contribution in [3.8, 4) is 5.75 Å². The first kappa shape index (κ1) is 17.3. The van der Waals surface area contributed by atoms with Gasteiger partial charge in [0.15, 0.2) is 0 Å². The van der Waals surface area contributed by atoms with Crippen molar-refractivity contribution in [1.29, 1.82) is 0 Å². The van der Waals surface area contributed by atoms with Crippen molar-refractivity contribution < 1.29 is 9.53 Å². The highest BCUT2D eigenvalue weighted by atomic mass is 16.5. The Kier molecular flexibility index (Phi) is 5.88. The number of hydrogen-bond acceptors (Lipinski definition) is 4. The number of aromatic nitrogens is 1. The van der Waals surface area contributed by atoms with E-state index in [0.717, 1.165) is 37.4 Å². The minimum Gasteiger partial charge on any atom is -0.497 e. The highest BCUT2D eigenvalue weighted by Crippen LogP contribution is 2.18. The Morgan fingerprint density at radius 2 is 2.08 bits per heavy atom. The Hall–Kier alpha value is -2.56. The van der Waals surface area contributed by atoms with Crippen LogP contribution in [0, 0.1) is 0 Å². The smallest absolute Gasteiger partial charge is 0.253 e. The van der Waals surface area contributed by atoms with Crippen LogP contribution in [0.3, 0.4) is 0 Å². The summed E-state index contributed by atoms with van der Waals surface area (Å²) in [6, 6.07) is 12.0. The molecule has 5 heteroatoms. The quantitative estimate of drug-likeness (QED) is 0.811. The lowest BCUT2D eigenvalue weighted by molar-refractivity contribution is 0.0937. The van der Waals surface area contributed by atoms with Crippen molar-refractivity contribution >= 4 is 11.7 Å². The van der Waals surface area contributed by atoms with Crippen LogP contribution in [0.4, 0.5) is 5.82 Å². The van der Waals surface area contributed by atoms with Crippen LogP contribution in [0.15, 0.2) is 42.6 Å². The number of carbonyl (C=O) groups is 1. The molecule has 5 nitrogen and oxygen atoms in total. The van der Waals surface area contributed by atoms with Gasteiger partial charge < -0.3 is 15.4 Å². The molecule has 1 aliphatic carbocycles. The lowest BCUT2D eigenvalue weighted by Gasteiger charge is -2.12. The van der Waals surface area contributed by atoms with E-state index < -0.39 is 0 Å². The second-order valence-corrected chi connectivity index (χ2v) is 6.42. The molecule has 2 N–H and O–H groups in total. The van der Waals surface area contributed by atoms with E-state index >= 15 is 0 Å². The highest BCUT2D eigenvalue weighted by Gasteiger charge is 2.17. The number of carbonyl (C=O) groups excluding carboxylic acids is 1. The summed E-state index contributed by atoms with van der Waals surface area (Å²) in [7, 11) is 1.67. The number of rotatable bonds is 7. The zero-order valence-electron chi connectivity index (χ0n) is 14.6. The second kappa shape index (κ2) is 8.51. The molecular weight excluding hydrogens is 314 g/mol. The predicted molar refractivity (Wildman–Crippen MR) is 99.1 cm³/mol. The molecule has 0 unspecified atom stereocenters. The average Bonchev–Trinajstić information content (AvgIpc) is 3.15. The molecule has 1 heterocycles. The van der Waals surface area contributed by atoms with Gasteiger partial charge >= 0.3 is 0 Å². The number of benzene rings is 1. The fourth-order valence-electron chi connectivity index (χ4n) is 3.13. The van der Waals surface area contributed by atoms with E-state index in [1.165, 1.54) is 18.4 Å². The molecular formula is C20H25N3O2. The number of hydrogen-bond donors (Lipinski definition) is 2. The Morgan fingerprint density at radius 1 is 1.24 bits per heavy atom. The fourth-order valence-corrected chi connectivity index (χ4v) is 3.13. The van der Waals surface area contributed by atoms with E-state index in [-0.39, 0.29) is 5.91 Å². The SMILES string of the molecule is COc1cccc(CCNc2ccc(C(=O)NC3CCCC3)cn2)c1. The molecule has 1 saturated carbocycles. The molecule has 0 aliphatic heterocycles. The molecule has 0 spiro atoms. The molecule has 0 atom stereocenters. The maximum absolute atomic E-state index is 12.2. The molecule has 1 aliphatic rings. The minimum atomic E-state index is -0.0256. The summed E-state index contributed by atoms with van der Waals surface area (Å²) in [4.78, 5) is 16.5. The molecule has 1 aromatic carbocycles. The average molecular weight is 339 g/mol. The fraction of sp³-hybridized carbons (Fsp3) is 0.400. The van der Waals surface area contributed by atoms with E-state index in [2.05, 4.69) is 21.7 Å². The monoisotopic (exact) mass is 339 g/mol. The van der Waals surface area contributed by atoms with Crippen LogP contribution >= 0.6 is 0 Å². The molecule has 1 fully saturated rings. The third kappa shape index (κ3) is 4.95. The van der Waals surface area contributed by atoms with Gasteiger partial charge in [0.25, 0.3) is 5.91 Å². The van der Waals surface area contributed by atoms with Crippen LogP contribution < -0.4 is 15.4 Å². The zero-order chi connectivity index (χ0) is 17.5. The Bertz CT molecular complexity index is 694. The second-order valence-electron chi connectivity index (χ2n) is 6.42. The molecule has 25 heavy (non-hydrogen) atoms. The summed E-state index contributed by atoms with van der Waals surface area (Å²) >= 11 is 0. The number of amides is 1. The number of ether oxygens (including phenoxy) is 1. The van der Waals surface area contributed by atoms with Crippen LogP contribution in [0.1, 0.15) is 41.6 Å². The molecule has 2 aromatic rings. The summed E-state index contributed by atoms with van der Waals surface area (Å²) in [5.41, 5.74) is 1.82. The van der Waals surface area contributed by atoms with Gasteiger partial charge in [-0.3, -0.25) is 4.79 Å². The van der Waals surface area contributed by atoms with Crippen LogP contribution in [0.5, 0.6) is 5.75 Å². The van der Waals surface area contributed by atoms with Crippen LogP contribution in [-0.4, -0.2) is 30.6 Å². The van der Waals surface area contributed by atoms with Gasteiger partial charge in [0.1, 0.15) is 11.6 Å². The lowest BCUT2D eigenvalue weighted by Crippen LogP contribution is -2.32. The normalized spacial score (nSPS) is 14.3. The van der Waals surface area contributed by atoms with Crippen LogP contribution in [0.2, 0.25) is 0 Å². The summed E-state index contributed by atoms with van der Waals surface area (Å²) in [6.45, 7) is 0.772. The van der Waals surface area contributed by atoms with E-state index in [4.69, 9.17) is 4.74 Å². The van der Waals surface area contributed by atoms with Crippen molar-refractivity contribution in [3.63, 3.8) is 0 Å². The summed E-state index contributed by atoms with van der Waals surface area (Å²) in [6.07, 6.45) is 7.10. The first-order valence-electron chi connectivity index (χ1n) is 8.88. The third-order valence-corrected chi connectivity index (χ3v) is 4.57. The van der Waals surface area contributed by atoms with Gasteiger partial charge in [-0.25, -0.2) is 4.98 Å². The molecule has 1 aromatic heterocycles. The van der Waals surface area contributed by atoms with Gasteiger partial charge in [-0.1, -0.05) is 25.0 Å². The Morgan fingerprint density at radius 3 is 2.80 bits per heavy atom. The maximum Gasteiger partial charge on any atom is 0.253 e. The Balaban J connectivity index is 1.47. The molecule has 0 saturated heterocycles. The third-order valence-electron chi connectivity index (χ3n) is 4.57. The van der Waals surface area contributed by atoms with Crippen molar-refractivity contribution in [3.05, 3.63) is 53.7 Å². The largest absolute Gasteiger partial charge is 0.497 e. The van der Waals surface area contributed by atoms with Crippen molar-refractivity contribution in [2.24, 2.45) is 0 Å². The predicted octanol–water partition coefficient (Wildman–Crippen LogP) is 3.42.